The highest BCUT2D eigenvalue weighted by atomic mass is 79.9. The Kier molecular flexibility index (Phi) is 8.77. The molecular formula is C29H16Br3Cl2N3O3. The maximum Gasteiger partial charge on any atom is 0.345 e. The zero-order chi connectivity index (χ0) is 28.4. The molecule has 200 valence electrons. The van der Waals surface area contributed by atoms with E-state index in [1.807, 2.05) is 36.4 Å². The molecule has 4 aromatic carbocycles. The molecule has 40 heavy (non-hydrogen) atoms. The Labute approximate surface area is 264 Å². The van der Waals surface area contributed by atoms with Gasteiger partial charge >= 0.3 is 5.97 Å². The van der Waals surface area contributed by atoms with Gasteiger partial charge in [-0.15, -0.1) is 0 Å². The normalized spacial score (nSPS) is 11.2. The van der Waals surface area contributed by atoms with Gasteiger partial charge in [0, 0.05) is 41.6 Å². The Bertz CT molecular complexity index is 1820. The number of H-pyrrole nitrogens is 1. The highest BCUT2D eigenvalue weighted by Gasteiger charge is 2.21. The lowest BCUT2D eigenvalue weighted by Crippen LogP contribution is -2.19. The first-order chi connectivity index (χ1) is 19.2. The van der Waals surface area contributed by atoms with Crippen molar-refractivity contribution in [2.24, 2.45) is 5.10 Å². The van der Waals surface area contributed by atoms with Crippen LogP contribution < -0.4 is 10.2 Å². The van der Waals surface area contributed by atoms with Crippen molar-refractivity contribution in [3.05, 3.63) is 119 Å². The number of rotatable bonds is 6. The largest absolute Gasteiger partial charge is 0.421 e. The molecule has 6 nitrogen and oxygen atoms in total. The fourth-order valence-electron chi connectivity index (χ4n) is 4.05. The van der Waals surface area contributed by atoms with Crippen LogP contribution in [0.2, 0.25) is 10.0 Å². The Morgan fingerprint density at radius 2 is 1.60 bits per heavy atom. The van der Waals surface area contributed by atoms with Crippen molar-refractivity contribution in [3.8, 4) is 16.9 Å². The van der Waals surface area contributed by atoms with Crippen molar-refractivity contribution >= 4 is 100.0 Å². The highest BCUT2D eigenvalue weighted by Crippen LogP contribution is 2.38. The van der Waals surface area contributed by atoms with Crippen LogP contribution >= 0.6 is 71.0 Å². The standard InChI is InChI=1S/C29H16Br3Cl2N3O3/c30-16-9-10-24-20(12-16)25(18-5-1-3-7-22(18)33)26(36-24)28(38)37-35-14-15-11-17(31)13-21(32)27(15)40-29(39)19-6-2-4-8-23(19)34/h1-14,36H,(H,37,38). The molecule has 11 heteroatoms. The summed E-state index contributed by atoms with van der Waals surface area (Å²) < 4.78 is 7.72. The van der Waals surface area contributed by atoms with Crippen LogP contribution in [0.15, 0.2) is 97.4 Å². The summed E-state index contributed by atoms with van der Waals surface area (Å²) in [6.07, 6.45) is 1.39. The number of carbonyl (C=O) groups excluding carboxylic acids is 2. The van der Waals surface area contributed by atoms with E-state index >= 15 is 0 Å². The molecule has 0 bridgehead atoms. The zero-order valence-corrected chi connectivity index (χ0v) is 26.4. The number of esters is 1. The highest BCUT2D eigenvalue weighted by molar-refractivity contribution is 9.11. The number of carbonyl (C=O) groups is 2. The number of hydrogen-bond donors (Lipinski definition) is 2. The number of hydrogen-bond acceptors (Lipinski definition) is 4. The van der Waals surface area contributed by atoms with Crippen molar-refractivity contribution in [1.29, 1.82) is 0 Å². The summed E-state index contributed by atoms with van der Waals surface area (Å²) in [6.45, 7) is 0. The van der Waals surface area contributed by atoms with Gasteiger partial charge in [-0.25, -0.2) is 10.2 Å². The first kappa shape index (κ1) is 28.6. The van der Waals surface area contributed by atoms with Crippen LogP contribution in [0.1, 0.15) is 26.4 Å². The molecule has 1 heterocycles. The van der Waals surface area contributed by atoms with E-state index in [2.05, 4.69) is 63.3 Å². The number of halogens is 5. The summed E-state index contributed by atoms with van der Waals surface area (Å²) in [4.78, 5) is 29.4. The Morgan fingerprint density at radius 1 is 0.875 bits per heavy atom. The molecule has 5 rings (SSSR count). The van der Waals surface area contributed by atoms with Crippen LogP contribution in [-0.4, -0.2) is 23.1 Å². The molecule has 0 aliphatic rings. The van der Waals surface area contributed by atoms with E-state index in [0.29, 0.717) is 36.4 Å². The number of nitrogens with one attached hydrogen (secondary N) is 2. The van der Waals surface area contributed by atoms with Gasteiger partial charge in [0.25, 0.3) is 5.91 Å². The fourth-order valence-corrected chi connectivity index (χ4v) is 6.20. The minimum absolute atomic E-state index is 0.207. The molecule has 0 saturated carbocycles. The predicted octanol–water partition coefficient (Wildman–Crippen LogP) is 9.41. The van der Waals surface area contributed by atoms with Gasteiger partial charge in [0.15, 0.2) is 5.75 Å². The van der Waals surface area contributed by atoms with E-state index in [0.717, 1.165) is 15.4 Å². The lowest BCUT2D eigenvalue weighted by Gasteiger charge is -2.11. The van der Waals surface area contributed by atoms with Gasteiger partial charge < -0.3 is 9.72 Å². The molecule has 1 aromatic heterocycles. The van der Waals surface area contributed by atoms with Crippen LogP contribution in [0, 0.1) is 0 Å². The maximum atomic E-state index is 13.4. The van der Waals surface area contributed by atoms with Crippen LogP contribution in [-0.2, 0) is 0 Å². The van der Waals surface area contributed by atoms with Crippen molar-refractivity contribution in [2.75, 3.05) is 0 Å². The summed E-state index contributed by atoms with van der Waals surface area (Å²) in [5.41, 5.74) is 5.61. The Balaban J connectivity index is 1.46. The Hall–Kier alpha value is -2.95. The average Bonchev–Trinajstić information content (AvgIpc) is 3.29. The summed E-state index contributed by atoms with van der Waals surface area (Å²) in [5.74, 6) is -0.915. The molecule has 0 saturated heterocycles. The van der Waals surface area contributed by atoms with Gasteiger partial charge in [-0.3, -0.25) is 4.79 Å². The van der Waals surface area contributed by atoms with Gasteiger partial charge in [0.1, 0.15) is 5.69 Å². The van der Waals surface area contributed by atoms with Gasteiger partial charge in [-0.1, -0.05) is 85.4 Å². The van der Waals surface area contributed by atoms with Gasteiger partial charge in [0.2, 0.25) is 0 Å². The molecule has 0 spiro atoms. The van der Waals surface area contributed by atoms with Crippen molar-refractivity contribution in [2.45, 2.75) is 0 Å². The third-order valence-corrected chi connectivity index (χ3v) is 8.03. The number of nitrogens with zero attached hydrogens (tertiary/aromatic N) is 1. The minimum atomic E-state index is -0.638. The van der Waals surface area contributed by atoms with E-state index < -0.39 is 11.9 Å². The monoisotopic (exact) mass is 761 g/mol. The second-order valence-corrected chi connectivity index (χ2v) is 11.9. The van der Waals surface area contributed by atoms with Gasteiger partial charge in [0.05, 0.1) is 21.3 Å². The molecule has 0 aliphatic carbocycles. The number of ether oxygens (including phenoxy) is 1. The summed E-state index contributed by atoms with van der Waals surface area (Å²) in [5, 5.41) is 5.75. The van der Waals surface area contributed by atoms with Gasteiger partial charge in [-0.2, -0.15) is 5.10 Å². The summed E-state index contributed by atoms with van der Waals surface area (Å²) in [6, 6.07) is 23.0. The summed E-state index contributed by atoms with van der Waals surface area (Å²) in [7, 11) is 0. The second-order valence-electron chi connectivity index (χ2n) is 8.42. The lowest BCUT2D eigenvalue weighted by atomic mass is 10.0. The predicted molar refractivity (Wildman–Crippen MR) is 170 cm³/mol. The second kappa shape index (κ2) is 12.3. The van der Waals surface area contributed by atoms with Gasteiger partial charge in [-0.05, 0) is 64.5 Å². The van der Waals surface area contributed by atoms with Crippen LogP contribution in [0.3, 0.4) is 0 Å². The third kappa shape index (κ3) is 6.04. The zero-order valence-electron chi connectivity index (χ0n) is 20.1. The molecule has 1 amide bonds. The Morgan fingerprint density at radius 3 is 2.35 bits per heavy atom. The third-order valence-electron chi connectivity index (χ3n) is 5.83. The molecular weight excluding hydrogens is 749 g/mol. The number of benzene rings is 4. The number of aromatic nitrogens is 1. The number of hydrazone groups is 1. The van der Waals surface area contributed by atoms with Crippen LogP contribution in [0.4, 0.5) is 0 Å². The van der Waals surface area contributed by atoms with Crippen LogP contribution in [0.5, 0.6) is 5.75 Å². The number of aromatic amines is 1. The smallest absolute Gasteiger partial charge is 0.345 e. The molecule has 0 unspecified atom stereocenters. The fraction of sp³-hybridized carbons (Fsp3) is 0. The van der Waals surface area contributed by atoms with Crippen LogP contribution in [0.25, 0.3) is 22.0 Å². The van der Waals surface area contributed by atoms with E-state index in [1.54, 1.807) is 42.5 Å². The van der Waals surface area contributed by atoms with E-state index in [-0.39, 0.29) is 16.3 Å². The summed E-state index contributed by atoms with van der Waals surface area (Å²) >= 11 is 23.0. The minimum Gasteiger partial charge on any atom is -0.421 e. The molecule has 0 atom stereocenters. The topological polar surface area (TPSA) is 83.5 Å². The van der Waals surface area contributed by atoms with Crippen molar-refractivity contribution in [3.63, 3.8) is 0 Å². The molecule has 0 fully saturated rings. The first-order valence-corrected chi connectivity index (χ1v) is 14.7. The first-order valence-electron chi connectivity index (χ1n) is 11.6. The quantitative estimate of drug-likeness (QED) is 0.0783. The SMILES string of the molecule is O=C(Oc1c(Br)cc(Br)cc1C=NNC(=O)c1[nH]c2ccc(Br)cc2c1-c1ccccc1Cl)c1ccccc1Cl. The van der Waals surface area contributed by atoms with E-state index in [1.165, 1.54) is 6.21 Å². The molecule has 0 aliphatic heterocycles. The average molecular weight is 765 g/mol. The van der Waals surface area contributed by atoms with E-state index in [4.69, 9.17) is 27.9 Å². The molecule has 5 aromatic rings. The number of amides is 1. The molecule has 2 N–H and O–H groups in total. The number of fused-ring (bicyclic) bond motifs is 1. The maximum absolute atomic E-state index is 13.4. The van der Waals surface area contributed by atoms with Crippen molar-refractivity contribution in [1.82, 2.24) is 10.4 Å². The van der Waals surface area contributed by atoms with Crippen molar-refractivity contribution < 1.29 is 14.3 Å². The lowest BCUT2D eigenvalue weighted by molar-refractivity contribution is 0.0733. The molecule has 0 radical (unpaired) electrons. The van der Waals surface area contributed by atoms with E-state index in [9.17, 15) is 9.59 Å².